The second kappa shape index (κ2) is 6.95. The van der Waals surface area contributed by atoms with E-state index in [1.807, 2.05) is 0 Å². The third-order valence-electron chi connectivity index (χ3n) is 2.87. The summed E-state index contributed by atoms with van der Waals surface area (Å²) in [5.74, 6) is -0.0252. The molecule has 2 aromatic rings. The number of nitrogens with zero attached hydrogens (tertiary/aromatic N) is 2. The first-order valence-corrected chi connectivity index (χ1v) is 8.61. The van der Waals surface area contributed by atoms with E-state index < -0.39 is 20.6 Å². The molecule has 11 heteroatoms. The first-order valence-electron chi connectivity index (χ1n) is 6.27. The lowest BCUT2D eigenvalue weighted by Crippen LogP contribution is -2.12. The number of hydrazone groups is 1. The molecule has 0 aromatic heterocycles. The number of hydrogen-bond donors (Lipinski definition) is 3. The Hall–Kier alpha value is -2.50. The molecule has 24 heavy (non-hydrogen) atoms. The normalized spacial score (nSPS) is 11.6. The molecule has 0 fully saturated rings. The first kappa shape index (κ1) is 17.8. The van der Waals surface area contributed by atoms with Gasteiger partial charge in [0.1, 0.15) is 11.4 Å². The average Bonchev–Trinajstić information content (AvgIpc) is 2.49. The van der Waals surface area contributed by atoms with E-state index in [4.69, 9.17) is 5.14 Å². The smallest absolute Gasteiger partial charge is 0.295 e. The molecule has 0 saturated heterocycles. The van der Waals surface area contributed by atoms with Crippen molar-refractivity contribution < 1.29 is 18.4 Å². The molecule has 4 N–H and O–H groups in total. The maximum absolute atomic E-state index is 11.3. The Morgan fingerprint density at radius 2 is 2.00 bits per heavy atom. The van der Waals surface area contributed by atoms with Crippen LogP contribution < -0.4 is 10.6 Å². The molecule has 0 amide bonds. The van der Waals surface area contributed by atoms with Crippen LogP contribution in [0.4, 0.5) is 11.4 Å². The molecule has 0 bridgehead atoms. The fourth-order valence-corrected chi connectivity index (χ4v) is 2.65. The number of phenolic OH excluding ortho intramolecular Hbond substituents is 1. The fourth-order valence-electron chi connectivity index (χ4n) is 1.73. The van der Waals surface area contributed by atoms with E-state index >= 15 is 0 Å². The predicted octanol–water partition coefficient (Wildman–Crippen LogP) is 2.16. The Labute approximate surface area is 145 Å². The highest BCUT2D eigenvalue weighted by molar-refractivity contribution is 9.10. The monoisotopic (exact) mass is 414 g/mol. The van der Waals surface area contributed by atoms with Crippen LogP contribution in [0.1, 0.15) is 5.56 Å². The van der Waals surface area contributed by atoms with E-state index in [0.717, 1.165) is 12.1 Å². The van der Waals surface area contributed by atoms with Crippen molar-refractivity contribution in [2.75, 3.05) is 5.43 Å². The molecule has 0 aliphatic heterocycles. The van der Waals surface area contributed by atoms with E-state index in [-0.39, 0.29) is 16.3 Å². The molecular weight excluding hydrogens is 404 g/mol. The largest absolute Gasteiger partial charge is 0.507 e. The number of primary sulfonamides is 1. The van der Waals surface area contributed by atoms with Gasteiger partial charge in [0.05, 0.1) is 16.0 Å². The summed E-state index contributed by atoms with van der Waals surface area (Å²) in [4.78, 5) is 9.92. The Balaban J connectivity index is 2.31. The van der Waals surface area contributed by atoms with Gasteiger partial charge in [-0.05, 0) is 30.3 Å². The van der Waals surface area contributed by atoms with Crippen LogP contribution in [0.25, 0.3) is 0 Å². The summed E-state index contributed by atoms with van der Waals surface area (Å²) in [6.45, 7) is 0. The summed E-state index contributed by atoms with van der Waals surface area (Å²) in [6, 6.07) is 7.82. The van der Waals surface area contributed by atoms with Gasteiger partial charge in [0.2, 0.25) is 10.0 Å². The number of nitrogens with two attached hydrogens (primary N) is 1. The van der Waals surface area contributed by atoms with Gasteiger partial charge in [-0.25, -0.2) is 13.6 Å². The summed E-state index contributed by atoms with van der Waals surface area (Å²) in [7, 11) is -4.06. The van der Waals surface area contributed by atoms with Gasteiger partial charge in [-0.3, -0.25) is 15.5 Å². The lowest BCUT2D eigenvalue weighted by Gasteiger charge is -2.04. The van der Waals surface area contributed by atoms with Gasteiger partial charge < -0.3 is 5.11 Å². The highest BCUT2D eigenvalue weighted by Crippen LogP contribution is 2.27. The summed E-state index contributed by atoms with van der Waals surface area (Å²) >= 11 is 3.24. The van der Waals surface area contributed by atoms with Crippen molar-refractivity contribution >= 4 is 43.5 Å². The van der Waals surface area contributed by atoms with E-state index in [2.05, 4.69) is 26.5 Å². The molecule has 0 aliphatic carbocycles. The number of rotatable bonds is 5. The highest BCUT2D eigenvalue weighted by atomic mass is 79.9. The van der Waals surface area contributed by atoms with Crippen molar-refractivity contribution in [3.8, 4) is 5.75 Å². The second-order valence-corrected chi connectivity index (χ2v) is 7.03. The zero-order chi connectivity index (χ0) is 17.9. The van der Waals surface area contributed by atoms with Crippen molar-refractivity contribution in [3.63, 3.8) is 0 Å². The van der Waals surface area contributed by atoms with Crippen molar-refractivity contribution in [2.45, 2.75) is 4.90 Å². The van der Waals surface area contributed by atoms with E-state index in [1.54, 1.807) is 12.1 Å². The van der Waals surface area contributed by atoms with Crippen LogP contribution in [-0.2, 0) is 10.0 Å². The number of halogens is 1. The number of sulfonamides is 1. The second-order valence-electron chi connectivity index (χ2n) is 4.55. The minimum atomic E-state index is -4.06. The van der Waals surface area contributed by atoms with Crippen LogP contribution in [0, 0.1) is 10.1 Å². The zero-order valence-corrected chi connectivity index (χ0v) is 14.3. The topological polar surface area (TPSA) is 148 Å². The highest BCUT2D eigenvalue weighted by Gasteiger charge is 2.18. The lowest BCUT2D eigenvalue weighted by atomic mass is 10.2. The van der Waals surface area contributed by atoms with Crippen LogP contribution in [0.3, 0.4) is 0 Å². The molecule has 0 radical (unpaired) electrons. The summed E-state index contributed by atoms with van der Waals surface area (Å²) < 4.78 is 23.2. The molecule has 2 rings (SSSR count). The van der Waals surface area contributed by atoms with Crippen molar-refractivity contribution in [2.24, 2.45) is 10.2 Å². The molecule has 0 unspecified atom stereocenters. The summed E-state index contributed by atoms with van der Waals surface area (Å²) in [5, 5.41) is 29.5. The molecule has 0 spiro atoms. The van der Waals surface area contributed by atoms with E-state index in [9.17, 15) is 23.6 Å². The van der Waals surface area contributed by atoms with Gasteiger partial charge in [0.15, 0.2) is 0 Å². The van der Waals surface area contributed by atoms with Gasteiger partial charge in [-0.2, -0.15) is 5.10 Å². The minimum absolute atomic E-state index is 0.0252. The molecular formula is C13H11BrN4O5S. The van der Waals surface area contributed by atoms with Crippen LogP contribution in [-0.4, -0.2) is 24.7 Å². The zero-order valence-electron chi connectivity index (χ0n) is 11.9. The maximum Gasteiger partial charge on any atom is 0.295 e. The van der Waals surface area contributed by atoms with Gasteiger partial charge in [-0.1, -0.05) is 15.9 Å². The Kier molecular flexibility index (Phi) is 5.17. The van der Waals surface area contributed by atoms with Gasteiger partial charge in [0, 0.05) is 16.1 Å². The third kappa shape index (κ3) is 4.28. The molecule has 0 aliphatic rings. The number of hydrogen-bond acceptors (Lipinski definition) is 7. The molecule has 126 valence electrons. The quantitative estimate of drug-likeness (QED) is 0.387. The molecule has 0 heterocycles. The molecule has 0 saturated carbocycles. The van der Waals surface area contributed by atoms with E-state index in [1.165, 1.54) is 18.3 Å². The Morgan fingerprint density at radius 1 is 1.29 bits per heavy atom. The number of nitrogens with one attached hydrogen (secondary N) is 1. The SMILES string of the molecule is NS(=O)(=O)c1ccc(N/N=C/c2cc(Br)ccc2O)c([N+](=O)[O-])c1. The minimum Gasteiger partial charge on any atom is -0.507 e. The lowest BCUT2D eigenvalue weighted by molar-refractivity contribution is -0.384. The number of phenols is 1. The van der Waals surface area contributed by atoms with Crippen molar-refractivity contribution in [1.82, 2.24) is 0 Å². The average molecular weight is 415 g/mol. The number of aromatic hydroxyl groups is 1. The molecule has 2 aromatic carbocycles. The number of anilines is 1. The number of nitro benzene ring substituents is 1. The molecule has 9 nitrogen and oxygen atoms in total. The van der Waals surface area contributed by atoms with Crippen LogP contribution in [0.5, 0.6) is 5.75 Å². The summed E-state index contributed by atoms with van der Waals surface area (Å²) in [6.07, 6.45) is 1.26. The Morgan fingerprint density at radius 3 is 2.62 bits per heavy atom. The molecule has 0 atom stereocenters. The fraction of sp³-hybridized carbons (Fsp3) is 0. The van der Waals surface area contributed by atoms with E-state index in [0.29, 0.717) is 10.0 Å². The Bertz CT molecular complexity index is 930. The van der Waals surface area contributed by atoms with Crippen LogP contribution in [0.15, 0.2) is 50.9 Å². The van der Waals surface area contributed by atoms with Crippen LogP contribution >= 0.6 is 15.9 Å². The third-order valence-corrected chi connectivity index (χ3v) is 4.28. The van der Waals surface area contributed by atoms with Crippen LogP contribution in [0.2, 0.25) is 0 Å². The maximum atomic E-state index is 11.3. The number of nitro groups is 1. The van der Waals surface area contributed by atoms with Crippen molar-refractivity contribution in [1.29, 1.82) is 0 Å². The first-order chi connectivity index (χ1) is 11.2. The predicted molar refractivity (Wildman–Crippen MR) is 91.5 cm³/mol. The standard InChI is InChI=1S/C13H11BrN4O5S/c14-9-1-4-13(19)8(5-9)7-16-17-11-3-2-10(24(15,22)23)6-12(11)18(20)21/h1-7,17,19H,(H2,15,22,23)/b16-7+. The van der Waals surface area contributed by atoms with Crippen molar-refractivity contribution in [3.05, 3.63) is 56.5 Å². The van der Waals surface area contributed by atoms with Gasteiger partial charge >= 0.3 is 0 Å². The summed E-state index contributed by atoms with van der Waals surface area (Å²) in [5.41, 5.74) is 2.28. The van der Waals surface area contributed by atoms with Gasteiger partial charge in [0.25, 0.3) is 5.69 Å². The van der Waals surface area contributed by atoms with Gasteiger partial charge in [-0.15, -0.1) is 0 Å². The number of benzene rings is 2.